The molecule has 4 atom stereocenters. The van der Waals surface area contributed by atoms with Gasteiger partial charge in [0.05, 0.1) is 6.07 Å². The van der Waals surface area contributed by atoms with E-state index in [1.165, 1.54) is 12.1 Å². The van der Waals surface area contributed by atoms with Crippen molar-refractivity contribution in [2.45, 2.75) is 57.3 Å². The molecule has 1 amide bonds. The van der Waals surface area contributed by atoms with Gasteiger partial charge in [-0.05, 0) is 49.8 Å². The molecule has 1 aromatic rings. The van der Waals surface area contributed by atoms with Crippen molar-refractivity contribution >= 4 is 5.91 Å². The Kier molecular flexibility index (Phi) is 4.63. The van der Waals surface area contributed by atoms with Crippen molar-refractivity contribution < 1.29 is 9.18 Å². The summed E-state index contributed by atoms with van der Waals surface area (Å²) < 4.78 is 12.9. The van der Waals surface area contributed by atoms with Crippen LogP contribution in [-0.4, -0.2) is 28.9 Å². The number of benzene rings is 1. The third kappa shape index (κ3) is 3.37. The van der Waals surface area contributed by atoms with Gasteiger partial charge >= 0.3 is 0 Å². The minimum Gasteiger partial charge on any atom is -0.323 e. The molecule has 1 aliphatic heterocycles. The number of hydrogen-bond acceptors (Lipinski definition) is 3. The maximum absolute atomic E-state index is 12.9. The van der Waals surface area contributed by atoms with E-state index in [2.05, 4.69) is 11.4 Å². The van der Waals surface area contributed by atoms with Crippen LogP contribution in [0.3, 0.4) is 0 Å². The van der Waals surface area contributed by atoms with E-state index >= 15 is 0 Å². The smallest absolute Gasteiger partial charge is 0.225 e. The summed E-state index contributed by atoms with van der Waals surface area (Å²) in [5.74, 6) is 0.197. The molecule has 0 spiro atoms. The standard InChI is InChI=1S/C18H22FN3O/c1-12(21-11-13-2-5-15(19)6-3-13)8-18(23)22-16-7-4-14(9-16)17(22)10-20/h2-3,5-6,12,14,16-17,21H,4,7-9,11H2,1H3/t12-,14?,16?,17?/m1/s1. The number of nitriles is 1. The normalized spacial score (nSPS) is 27.0. The quantitative estimate of drug-likeness (QED) is 0.908. The first-order valence-corrected chi connectivity index (χ1v) is 8.27. The molecule has 3 unspecified atom stereocenters. The molecule has 2 bridgehead atoms. The Morgan fingerprint density at radius 3 is 2.87 bits per heavy atom. The van der Waals surface area contributed by atoms with E-state index in [9.17, 15) is 14.4 Å². The molecule has 122 valence electrons. The predicted molar refractivity (Wildman–Crippen MR) is 84.7 cm³/mol. The zero-order chi connectivity index (χ0) is 16.4. The monoisotopic (exact) mass is 315 g/mol. The summed E-state index contributed by atoms with van der Waals surface area (Å²) in [4.78, 5) is 14.4. The number of amides is 1. The molecule has 1 N–H and O–H groups in total. The lowest BCUT2D eigenvalue weighted by molar-refractivity contribution is -0.134. The number of piperidine rings is 1. The zero-order valence-corrected chi connectivity index (χ0v) is 13.3. The van der Waals surface area contributed by atoms with Gasteiger partial charge in [-0.1, -0.05) is 12.1 Å². The molecule has 1 aliphatic carbocycles. The lowest BCUT2D eigenvalue weighted by Crippen LogP contribution is -2.46. The summed E-state index contributed by atoms with van der Waals surface area (Å²) in [7, 11) is 0. The molecule has 0 radical (unpaired) electrons. The van der Waals surface area contributed by atoms with Gasteiger partial charge in [0.15, 0.2) is 0 Å². The van der Waals surface area contributed by atoms with Gasteiger partial charge in [-0.2, -0.15) is 5.26 Å². The molecular weight excluding hydrogens is 293 g/mol. The second-order valence-electron chi connectivity index (χ2n) is 6.71. The summed E-state index contributed by atoms with van der Waals surface area (Å²) in [6.07, 6.45) is 3.49. The number of fused-ring (bicyclic) bond motifs is 2. The summed E-state index contributed by atoms with van der Waals surface area (Å²) in [6.45, 7) is 2.57. The first-order chi connectivity index (χ1) is 11.1. The highest BCUT2D eigenvalue weighted by atomic mass is 19.1. The maximum Gasteiger partial charge on any atom is 0.225 e. The third-order valence-electron chi connectivity index (χ3n) is 5.05. The van der Waals surface area contributed by atoms with Gasteiger partial charge in [-0.25, -0.2) is 4.39 Å². The van der Waals surface area contributed by atoms with Crippen LogP contribution in [0.25, 0.3) is 0 Å². The van der Waals surface area contributed by atoms with E-state index in [1.54, 1.807) is 12.1 Å². The van der Waals surface area contributed by atoms with E-state index in [-0.39, 0.29) is 29.8 Å². The van der Waals surface area contributed by atoms with Crippen LogP contribution >= 0.6 is 0 Å². The van der Waals surface area contributed by atoms with E-state index in [0.717, 1.165) is 24.8 Å². The SMILES string of the molecule is C[C@H](CC(=O)N1C2CCC(C2)C1C#N)NCc1ccc(F)cc1. The summed E-state index contributed by atoms with van der Waals surface area (Å²) in [6, 6.07) is 8.71. The van der Waals surface area contributed by atoms with Crippen LogP contribution in [0.5, 0.6) is 0 Å². The fourth-order valence-corrected chi connectivity index (χ4v) is 3.85. The molecule has 1 saturated carbocycles. The predicted octanol–water partition coefficient (Wildman–Crippen LogP) is 2.60. The number of rotatable bonds is 5. The Bertz CT molecular complexity index is 610. The van der Waals surface area contributed by atoms with Gasteiger partial charge in [0.25, 0.3) is 0 Å². The second-order valence-corrected chi connectivity index (χ2v) is 6.71. The molecule has 23 heavy (non-hydrogen) atoms. The third-order valence-corrected chi connectivity index (χ3v) is 5.05. The first-order valence-electron chi connectivity index (χ1n) is 8.27. The van der Waals surface area contributed by atoms with Gasteiger partial charge in [0.2, 0.25) is 5.91 Å². The number of hydrogen-bond donors (Lipinski definition) is 1. The molecule has 1 heterocycles. The van der Waals surface area contributed by atoms with E-state index in [4.69, 9.17) is 0 Å². The Hall–Kier alpha value is -1.93. The van der Waals surface area contributed by atoms with Crippen molar-refractivity contribution in [2.24, 2.45) is 5.92 Å². The van der Waals surface area contributed by atoms with Crippen molar-refractivity contribution in [3.05, 3.63) is 35.6 Å². The lowest BCUT2D eigenvalue weighted by atomic mass is 9.99. The topological polar surface area (TPSA) is 56.1 Å². The van der Waals surface area contributed by atoms with Crippen LogP contribution in [0.2, 0.25) is 0 Å². The minimum atomic E-state index is -0.247. The summed E-state index contributed by atoms with van der Waals surface area (Å²) >= 11 is 0. The van der Waals surface area contributed by atoms with Gasteiger partial charge in [0.1, 0.15) is 11.9 Å². The average molecular weight is 315 g/mol. The van der Waals surface area contributed by atoms with Gasteiger partial charge in [-0.3, -0.25) is 4.79 Å². The molecule has 1 aromatic carbocycles. The Morgan fingerprint density at radius 1 is 1.43 bits per heavy atom. The Balaban J connectivity index is 1.51. The van der Waals surface area contributed by atoms with Crippen LogP contribution in [-0.2, 0) is 11.3 Å². The van der Waals surface area contributed by atoms with Crippen molar-refractivity contribution in [3.8, 4) is 6.07 Å². The van der Waals surface area contributed by atoms with Gasteiger partial charge in [-0.15, -0.1) is 0 Å². The number of carbonyl (C=O) groups is 1. The van der Waals surface area contributed by atoms with Crippen LogP contribution in [0.15, 0.2) is 24.3 Å². The molecular formula is C18H22FN3O. The highest BCUT2D eigenvalue weighted by molar-refractivity contribution is 5.78. The molecule has 2 aliphatic rings. The van der Waals surface area contributed by atoms with Crippen molar-refractivity contribution in [2.75, 3.05) is 0 Å². The van der Waals surface area contributed by atoms with E-state index in [1.807, 2.05) is 11.8 Å². The number of carbonyl (C=O) groups excluding carboxylic acids is 1. The van der Waals surface area contributed by atoms with Crippen molar-refractivity contribution in [1.29, 1.82) is 5.26 Å². The number of likely N-dealkylation sites (tertiary alicyclic amines) is 1. The fourth-order valence-electron chi connectivity index (χ4n) is 3.85. The van der Waals surface area contributed by atoms with E-state index < -0.39 is 0 Å². The summed E-state index contributed by atoms with van der Waals surface area (Å²) in [5.41, 5.74) is 0.987. The highest BCUT2D eigenvalue weighted by Gasteiger charge is 2.48. The molecule has 5 heteroatoms. The van der Waals surface area contributed by atoms with Crippen LogP contribution in [0.1, 0.15) is 38.2 Å². The fraction of sp³-hybridized carbons (Fsp3) is 0.556. The molecule has 0 aromatic heterocycles. The van der Waals surface area contributed by atoms with Crippen LogP contribution < -0.4 is 5.32 Å². The average Bonchev–Trinajstić information content (AvgIpc) is 3.14. The molecule has 3 rings (SSSR count). The Labute approximate surface area is 136 Å². The number of halogens is 1. The van der Waals surface area contributed by atoms with Gasteiger partial charge in [0, 0.05) is 25.0 Å². The number of nitrogens with one attached hydrogen (secondary N) is 1. The van der Waals surface area contributed by atoms with Crippen molar-refractivity contribution in [3.63, 3.8) is 0 Å². The van der Waals surface area contributed by atoms with E-state index in [0.29, 0.717) is 18.9 Å². The summed E-state index contributed by atoms with van der Waals surface area (Å²) in [5, 5.41) is 12.6. The molecule has 4 nitrogen and oxygen atoms in total. The molecule has 1 saturated heterocycles. The van der Waals surface area contributed by atoms with Crippen LogP contribution in [0, 0.1) is 23.1 Å². The lowest BCUT2D eigenvalue weighted by Gasteiger charge is -2.32. The Morgan fingerprint density at radius 2 is 2.17 bits per heavy atom. The first kappa shape index (κ1) is 15.9. The molecule has 2 fully saturated rings. The highest BCUT2D eigenvalue weighted by Crippen LogP contribution is 2.42. The number of nitrogens with zero attached hydrogens (tertiary/aromatic N) is 2. The van der Waals surface area contributed by atoms with Crippen LogP contribution in [0.4, 0.5) is 4.39 Å². The van der Waals surface area contributed by atoms with Crippen molar-refractivity contribution in [1.82, 2.24) is 10.2 Å². The minimum absolute atomic E-state index is 0.0195. The second kappa shape index (κ2) is 6.67. The van der Waals surface area contributed by atoms with Gasteiger partial charge < -0.3 is 10.2 Å². The zero-order valence-electron chi connectivity index (χ0n) is 13.3. The maximum atomic E-state index is 12.9. The largest absolute Gasteiger partial charge is 0.323 e.